The van der Waals surface area contributed by atoms with E-state index in [1.54, 1.807) is 0 Å². The van der Waals surface area contributed by atoms with Crippen LogP contribution in [-0.4, -0.2) is 30.6 Å². The van der Waals surface area contributed by atoms with E-state index in [2.05, 4.69) is 48.5 Å². The number of nitrogens with zero attached hydrogens (tertiary/aromatic N) is 1. The van der Waals surface area contributed by atoms with Gasteiger partial charge in [-0.1, -0.05) is 26.8 Å². The zero-order valence-electron chi connectivity index (χ0n) is 11.9. The number of nitrogens with one attached hydrogen (secondary N) is 1. The summed E-state index contributed by atoms with van der Waals surface area (Å²) in [5.41, 5.74) is 0. The Balaban J connectivity index is 1.90. The van der Waals surface area contributed by atoms with Crippen molar-refractivity contribution in [1.82, 2.24) is 10.2 Å². The van der Waals surface area contributed by atoms with Crippen molar-refractivity contribution in [3.8, 4) is 0 Å². The second-order valence-corrected chi connectivity index (χ2v) is 6.59. The van der Waals surface area contributed by atoms with Gasteiger partial charge in [-0.15, -0.1) is 11.3 Å². The van der Waals surface area contributed by atoms with E-state index in [1.807, 2.05) is 11.3 Å². The minimum absolute atomic E-state index is 0.531. The Bertz CT molecular complexity index is 326. The molecule has 0 radical (unpaired) electrons. The fourth-order valence-electron chi connectivity index (χ4n) is 2.74. The Hall–Kier alpha value is -0.380. The number of hydrogen-bond donors (Lipinski definition) is 1. The minimum Gasteiger partial charge on any atom is -0.306 e. The summed E-state index contributed by atoms with van der Waals surface area (Å²) in [6.45, 7) is 10.6. The normalized spacial score (nSPS) is 20.4. The van der Waals surface area contributed by atoms with Gasteiger partial charge in [0.15, 0.2) is 0 Å². The predicted octanol–water partition coefficient (Wildman–Crippen LogP) is 3.52. The van der Waals surface area contributed by atoms with Crippen LogP contribution in [0.3, 0.4) is 0 Å². The van der Waals surface area contributed by atoms with Gasteiger partial charge in [-0.3, -0.25) is 0 Å². The minimum atomic E-state index is 0.531. The van der Waals surface area contributed by atoms with E-state index in [0.717, 1.165) is 0 Å². The molecule has 0 amide bonds. The third kappa shape index (κ3) is 3.56. The zero-order valence-corrected chi connectivity index (χ0v) is 12.7. The van der Waals surface area contributed by atoms with Crippen LogP contribution in [0, 0.1) is 5.92 Å². The highest BCUT2D eigenvalue weighted by atomic mass is 32.1. The molecule has 1 aliphatic rings. The molecule has 1 atom stereocenters. The van der Waals surface area contributed by atoms with Crippen molar-refractivity contribution in [3.05, 3.63) is 22.4 Å². The monoisotopic (exact) mass is 266 g/mol. The highest BCUT2D eigenvalue weighted by molar-refractivity contribution is 7.10. The molecule has 0 bridgehead atoms. The van der Waals surface area contributed by atoms with Crippen molar-refractivity contribution in [2.75, 3.05) is 19.6 Å². The topological polar surface area (TPSA) is 15.3 Å². The molecule has 2 heterocycles. The average molecular weight is 266 g/mol. The van der Waals surface area contributed by atoms with Crippen LogP contribution in [0.15, 0.2) is 17.5 Å². The molecule has 1 N–H and O–H groups in total. The van der Waals surface area contributed by atoms with Crippen molar-refractivity contribution in [1.29, 1.82) is 0 Å². The molecule has 0 aliphatic carbocycles. The molecule has 1 fully saturated rings. The van der Waals surface area contributed by atoms with Gasteiger partial charge >= 0.3 is 0 Å². The zero-order chi connectivity index (χ0) is 13.0. The molecule has 18 heavy (non-hydrogen) atoms. The number of hydrogen-bond acceptors (Lipinski definition) is 3. The van der Waals surface area contributed by atoms with Crippen LogP contribution >= 0.6 is 11.3 Å². The van der Waals surface area contributed by atoms with Gasteiger partial charge in [0.05, 0.1) is 0 Å². The maximum absolute atomic E-state index is 3.89. The van der Waals surface area contributed by atoms with Crippen molar-refractivity contribution in [3.63, 3.8) is 0 Å². The largest absolute Gasteiger partial charge is 0.306 e. The summed E-state index contributed by atoms with van der Waals surface area (Å²) in [5.74, 6) is 0.660. The summed E-state index contributed by atoms with van der Waals surface area (Å²) < 4.78 is 0. The number of piperidine rings is 1. The lowest BCUT2D eigenvalue weighted by molar-refractivity contribution is 0.192. The standard InChI is InChI=1S/C15H26N2S/c1-4-17-9-7-13(8-10-17)16-15(12(2)3)14-6-5-11-18-14/h5-6,11-13,15-16H,4,7-10H2,1-3H3. The lowest BCUT2D eigenvalue weighted by Gasteiger charge is -2.35. The second-order valence-electron chi connectivity index (χ2n) is 5.61. The summed E-state index contributed by atoms with van der Waals surface area (Å²) >= 11 is 1.88. The van der Waals surface area contributed by atoms with Gasteiger partial charge in [-0.2, -0.15) is 0 Å². The van der Waals surface area contributed by atoms with E-state index in [1.165, 1.54) is 37.4 Å². The quantitative estimate of drug-likeness (QED) is 0.877. The van der Waals surface area contributed by atoms with Gasteiger partial charge in [-0.05, 0) is 49.8 Å². The first-order chi connectivity index (χ1) is 8.70. The van der Waals surface area contributed by atoms with E-state index in [-0.39, 0.29) is 0 Å². The first-order valence-corrected chi connectivity index (χ1v) is 8.10. The molecule has 102 valence electrons. The van der Waals surface area contributed by atoms with Crippen molar-refractivity contribution < 1.29 is 0 Å². The van der Waals surface area contributed by atoms with E-state index in [4.69, 9.17) is 0 Å². The summed E-state index contributed by atoms with van der Waals surface area (Å²) in [6, 6.07) is 5.66. The highest BCUT2D eigenvalue weighted by Crippen LogP contribution is 2.27. The molecule has 1 unspecified atom stereocenters. The van der Waals surface area contributed by atoms with Gasteiger partial charge in [-0.25, -0.2) is 0 Å². The molecule has 1 aromatic rings. The third-order valence-electron chi connectivity index (χ3n) is 3.97. The molecule has 0 saturated carbocycles. The van der Waals surface area contributed by atoms with E-state index in [9.17, 15) is 0 Å². The van der Waals surface area contributed by atoms with Gasteiger partial charge in [0.25, 0.3) is 0 Å². The molecule has 0 aromatic carbocycles. The predicted molar refractivity (Wildman–Crippen MR) is 80.2 cm³/mol. The van der Waals surface area contributed by atoms with Crippen LogP contribution in [0.5, 0.6) is 0 Å². The molecule has 2 rings (SSSR count). The van der Waals surface area contributed by atoms with Gasteiger partial charge < -0.3 is 10.2 Å². The van der Waals surface area contributed by atoms with Crippen molar-refractivity contribution in [2.45, 2.75) is 45.7 Å². The Morgan fingerprint density at radius 2 is 2.11 bits per heavy atom. The Kier molecular flexibility index (Phi) is 5.22. The molecule has 2 nitrogen and oxygen atoms in total. The van der Waals surface area contributed by atoms with Crippen LogP contribution in [0.2, 0.25) is 0 Å². The molecule has 3 heteroatoms. The average Bonchev–Trinajstić information content (AvgIpc) is 2.90. The van der Waals surface area contributed by atoms with E-state index < -0.39 is 0 Å². The molecular formula is C15H26N2S. The Morgan fingerprint density at radius 3 is 2.61 bits per heavy atom. The van der Waals surface area contributed by atoms with Gasteiger partial charge in [0, 0.05) is 17.0 Å². The van der Waals surface area contributed by atoms with Gasteiger partial charge in [0.1, 0.15) is 0 Å². The summed E-state index contributed by atoms with van der Waals surface area (Å²) in [4.78, 5) is 4.04. The molecule has 0 spiro atoms. The van der Waals surface area contributed by atoms with Crippen LogP contribution in [0.1, 0.15) is 44.5 Å². The summed E-state index contributed by atoms with van der Waals surface area (Å²) in [7, 11) is 0. The lowest BCUT2D eigenvalue weighted by Crippen LogP contribution is -2.44. The fourth-order valence-corrected chi connectivity index (χ4v) is 3.70. The second kappa shape index (κ2) is 6.69. The first kappa shape index (κ1) is 14.0. The Morgan fingerprint density at radius 1 is 1.39 bits per heavy atom. The molecule has 1 aliphatic heterocycles. The van der Waals surface area contributed by atoms with Gasteiger partial charge in [0.2, 0.25) is 0 Å². The van der Waals surface area contributed by atoms with Crippen molar-refractivity contribution >= 4 is 11.3 Å². The number of thiophene rings is 1. The first-order valence-electron chi connectivity index (χ1n) is 7.22. The molecule has 1 aromatic heterocycles. The van der Waals surface area contributed by atoms with E-state index >= 15 is 0 Å². The number of rotatable bonds is 5. The maximum atomic E-state index is 3.89. The highest BCUT2D eigenvalue weighted by Gasteiger charge is 2.23. The SMILES string of the molecule is CCN1CCC(NC(c2cccs2)C(C)C)CC1. The summed E-state index contributed by atoms with van der Waals surface area (Å²) in [5, 5.41) is 6.07. The van der Waals surface area contributed by atoms with Crippen LogP contribution < -0.4 is 5.32 Å². The Labute approximate surface area is 115 Å². The number of likely N-dealkylation sites (tertiary alicyclic amines) is 1. The third-order valence-corrected chi connectivity index (χ3v) is 4.92. The summed E-state index contributed by atoms with van der Waals surface area (Å²) in [6.07, 6.45) is 2.59. The molecular weight excluding hydrogens is 240 g/mol. The maximum Gasteiger partial charge on any atom is 0.0440 e. The lowest BCUT2D eigenvalue weighted by atomic mass is 9.98. The van der Waals surface area contributed by atoms with Crippen molar-refractivity contribution in [2.24, 2.45) is 5.92 Å². The fraction of sp³-hybridized carbons (Fsp3) is 0.733. The van der Waals surface area contributed by atoms with Crippen LogP contribution in [0.25, 0.3) is 0 Å². The smallest absolute Gasteiger partial charge is 0.0440 e. The van der Waals surface area contributed by atoms with E-state index in [0.29, 0.717) is 18.0 Å². The van der Waals surface area contributed by atoms with Crippen LogP contribution in [-0.2, 0) is 0 Å². The molecule has 1 saturated heterocycles. The van der Waals surface area contributed by atoms with Crippen LogP contribution in [0.4, 0.5) is 0 Å².